The van der Waals surface area contributed by atoms with Crippen molar-refractivity contribution in [2.45, 2.75) is 9.79 Å². The highest BCUT2D eigenvalue weighted by atomic mass is 35.5. The van der Waals surface area contributed by atoms with Gasteiger partial charge in [0.1, 0.15) is 0 Å². The molecule has 24 heavy (non-hydrogen) atoms. The number of hydrogen-bond donors (Lipinski definition) is 1. The lowest BCUT2D eigenvalue weighted by Gasteiger charge is -2.09. The number of thioether (sulfide) groups is 1. The number of hydrogen-bond acceptors (Lipinski definition) is 4. The van der Waals surface area contributed by atoms with Gasteiger partial charge in [0, 0.05) is 16.2 Å². The molecule has 2 rings (SSSR count). The second-order valence-corrected chi connectivity index (χ2v) is 9.11. The molecule has 2 aromatic rings. The lowest BCUT2D eigenvalue weighted by molar-refractivity contribution is -0.113. The minimum atomic E-state index is -3.39. The largest absolute Gasteiger partial charge is 0.324 e. The highest BCUT2D eigenvalue weighted by Crippen LogP contribution is 2.30. The molecule has 0 saturated heterocycles. The van der Waals surface area contributed by atoms with Crippen LogP contribution in [0.15, 0.2) is 46.2 Å². The Morgan fingerprint density at radius 3 is 2.42 bits per heavy atom. The minimum Gasteiger partial charge on any atom is -0.324 e. The van der Waals surface area contributed by atoms with Gasteiger partial charge < -0.3 is 5.32 Å². The highest BCUT2D eigenvalue weighted by molar-refractivity contribution is 8.00. The van der Waals surface area contributed by atoms with Crippen molar-refractivity contribution in [3.8, 4) is 0 Å². The van der Waals surface area contributed by atoms with Gasteiger partial charge in [0.25, 0.3) is 0 Å². The van der Waals surface area contributed by atoms with Crippen molar-refractivity contribution in [2.75, 3.05) is 17.3 Å². The van der Waals surface area contributed by atoms with Crippen LogP contribution in [0.5, 0.6) is 0 Å². The molecule has 0 saturated carbocycles. The van der Waals surface area contributed by atoms with Gasteiger partial charge in [-0.2, -0.15) is 0 Å². The predicted molar refractivity (Wildman–Crippen MR) is 100 cm³/mol. The van der Waals surface area contributed by atoms with Crippen LogP contribution in [0.3, 0.4) is 0 Å². The average molecular weight is 425 g/mol. The fourth-order valence-corrected chi connectivity index (χ4v) is 3.85. The summed E-state index contributed by atoms with van der Waals surface area (Å²) in [6.07, 6.45) is 1.08. The maximum atomic E-state index is 12.1. The topological polar surface area (TPSA) is 63.2 Å². The van der Waals surface area contributed by atoms with E-state index < -0.39 is 9.84 Å². The molecule has 128 valence electrons. The van der Waals surface area contributed by atoms with Crippen molar-refractivity contribution in [1.82, 2.24) is 0 Å². The lowest BCUT2D eigenvalue weighted by Crippen LogP contribution is -2.14. The number of halogens is 3. The summed E-state index contributed by atoms with van der Waals surface area (Å²) >= 11 is 19.1. The summed E-state index contributed by atoms with van der Waals surface area (Å²) < 4.78 is 23.2. The first kappa shape index (κ1) is 19.4. The summed E-state index contributed by atoms with van der Waals surface area (Å²) in [5.41, 5.74) is 0.238. The molecule has 0 spiro atoms. The summed E-state index contributed by atoms with van der Waals surface area (Å²) in [6.45, 7) is 0. The van der Waals surface area contributed by atoms with Crippen molar-refractivity contribution in [3.05, 3.63) is 51.5 Å². The molecule has 9 heteroatoms. The Kier molecular flexibility index (Phi) is 6.45. The van der Waals surface area contributed by atoms with Crippen LogP contribution in [0, 0.1) is 0 Å². The molecule has 0 aromatic heterocycles. The van der Waals surface area contributed by atoms with Crippen LogP contribution in [-0.4, -0.2) is 26.3 Å². The number of amides is 1. The molecular formula is C15H12Cl3NO3S2. The molecule has 0 aliphatic carbocycles. The van der Waals surface area contributed by atoms with Gasteiger partial charge in [-0.3, -0.25) is 4.79 Å². The number of nitrogens with one attached hydrogen (secondary N) is 1. The number of sulfone groups is 1. The molecule has 0 unspecified atom stereocenters. The molecule has 1 amide bonds. The monoisotopic (exact) mass is 423 g/mol. The van der Waals surface area contributed by atoms with Gasteiger partial charge in [-0.1, -0.05) is 34.8 Å². The second-order valence-electron chi connectivity index (χ2n) is 4.83. The number of carbonyl (C=O) groups is 1. The lowest BCUT2D eigenvalue weighted by atomic mass is 10.3. The van der Waals surface area contributed by atoms with Gasteiger partial charge in [-0.25, -0.2) is 8.42 Å². The SMILES string of the molecule is CS(=O)(=O)c1ccc(Cl)c(NC(=O)CSc2cc(Cl)ccc2Cl)c1. The van der Waals surface area contributed by atoms with Crippen molar-refractivity contribution in [3.63, 3.8) is 0 Å². The van der Waals surface area contributed by atoms with Gasteiger partial charge in [0.2, 0.25) is 5.91 Å². The summed E-state index contributed by atoms with van der Waals surface area (Å²) in [5, 5.41) is 3.86. The van der Waals surface area contributed by atoms with Crippen LogP contribution in [-0.2, 0) is 14.6 Å². The van der Waals surface area contributed by atoms with Gasteiger partial charge in [0.15, 0.2) is 9.84 Å². The average Bonchev–Trinajstić information content (AvgIpc) is 2.49. The van der Waals surface area contributed by atoms with E-state index >= 15 is 0 Å². The van der Waals surface area contributed by atoms with E-state index in [0.29, 0.717) is 14.9 Å². The van der Waals surface area contributed by atoms with Crippen LogP contribution in [0.25, 0.3) is 0 Å². The number of carbonyl (C=O) groups excluding carboxylic acids is 1. The van der Waals surface area contributed by atoms with E-state index in [0.717, 1.165) is 6.26 Å². The Balaban J connectivity index is 2.09. The van der Waals surface area contributed by atoms with E-state index in [2.05, 4.69) is 5.32 Å². The Morgan fingerprint density at radius 2 is 1.75 bits per heavy atom. The molecule has 2 aromatic carbocycles. The summed E-state index contributed by atoms with van der Waals surface area (Å²) in [7, 11) is -3.39. The molecule has 0 aliphatic rings. The van der Waals surface area contributed by atoms with Gasteiger partial charge in [-0.05, 0) is 36.4 Å². The zero-order chi connectivity index (χ0) is 17.9. The predicted octanol–water partition coefficient (Wildman–Crippen LogP) is 4.78. The second kappa shape index (κ2) is 7.97. The molecule has 0 bridgehead atoms. The van der Waals surface area contributed by atoms with Crippen molar-refractivity contribution in [1.29, 1.82) is 0 Å². The van der Waals surface area contributed by atoms with E-state index in [1.807, 2.05) is 0 Å². The molecule has 0 heterocycles. The molecule has 0 atom stereocenters. The maximum absolute atomic E-state index is 12.1. The van der Waals surface area contributed by atoms with Gasteiger partial charge >= 0.3 is 0 Å². The fourth-order valence-electron chi connectivity index (χ4n) is 1.75. The minimum absolute atomic E-state index is 0.0689. The van der Waals surface area contributed by atoms with E-state index in [1.165, 1.54) is 30.0 Å². The molecule has 1 N–H and O–H groups in total. The first-order valence-corrected chi connectivity index (χ1v) is 10.6. The standard InChI is InChI=1S/C15H12Cl3NO3S2/c1-24(21,22)10-3-5-11(17)13(7-10)19-15(20)8-23-14-6-9(16)2-4-12(14)18/h2-7H,8H2,1H3,(H,19,20). The van der Waals surface area contributed by atoms with Crippen LogP contribution in [0.2, 0.25) is 15.1 Å². The Bertz CT molecular complexity index is 886. The smallest absolute Gasteiger partial charge is 0.234 e. The molecule has 4 nitrogen and oxygen atoms in total. The molecule has 0 aliphatic heterocycles. The Hall–Kier alpha value is -0.920. The third kappa shape index (κ3) is 5.29. The third-order valence-electron chi connectivity index (χ3n) is 2.89. The zero-order valence-corrected chi connectivity index (χ0v) is 16.2. The van der Waals surface area contributed by atoms with Crippen LogP contribution in [0.4, 0.5) is 5.69 Å². The van der Waals surface area contributed by atoms with Crippen LogP contribution >= 0.6 is 46.6 Å². The van der Waals surface area contributed by atoms with Gasteiger partial charge in [-0.15, -0.1) is 11.8 Å². The van der Waals surface area contributed by atoms with Crippen molar-refractivity contribution >= 4 is 68.0 Å². The Morgan fingerprint density at radius 1 is 1.08 bits per heavy atom. The Labute approximate surface area is 159 Å². The number of benzene rings is 2. The van der Waals surface area contributed by atoms with E-state index in [9.17, 15) is 13.2 Å². The van der Waals surface area contributed by atoms with E-state index in [4.69, 9.17) is 34.8 Å². The highest BCUT2D eigenvalue weighted by Gasteiger charge is 2.13. The molecular weight excluding hydrogens is 413 g/mol. The van der Waals surface area contributed by atoms with Crippen molar-refractivity contribution in [2.24, 2.45) is 0 Å². The molecule has 0 fully saturated rings. The fraction of sp³-hybridized carbons (Fsp3) is 0.133. The quantitative estimate of drug-likeness (QED) is 0.702. The number of anilines is 1. The first-order chi connectivity index (χ1) is 11.2. The zero-order valence-electron chi connectivity index (χ0n) is 12.3. The van der Waals surface area contributed by atoms with E-state index in [1.54, 1.807) is 18.2 Å². The van der Waals surface area contributed by atoms with Crippen LogP contribution in [0.1, 0.15) is 0 Å². The maximum Gasteiger partial charge on any atom is 0.234 e. The summed E-state index contributed by atoms with van der Waals surface area (Å²) in [4.78, 5) is 12.8. The van der Waals surface area contributed by atoms with E-state index in [-0.39, 0.29) is 27.3 Å². The van der Waals surface area contributed by atoms with Crippen LogP contribution < -0.4 is 5.32 Å². The first-order valence-electron chi connectivity index (χ1n) is 6.54. The van der Waals surface area contributed by atoms with Gasteiger partial charge in [0.05, 0.1) is 26.4 Å². The normalized spacial score (nSPS) is 11.3. The third-order valence-corrected chi connectivity index (χ3v) is 6.06. The molecule has 0 radical (unpaired) electrons. The van der Waals surface area contributed by atoms with Crippen molar-refractivity contribution < 1.29 is 13.2 Å². The summed E-state index contributed by atoms with van der Waals surface area (Å²) in [5.74, 6) is -0.275. The summed E-state index contributed by atoms with van der Waals surface area (Å²) in [6, 6.07) is 9.11. The number of rotatable bonds is 5.